The quantitative estimate of drug-likeness (QED) is 0.176. The van der Waals surface area contributed by atoms with E-state index in [1.54, 1.807) is 5.56 Å². The van der Waals surface area contributed by atoms with Gasteiger partial charge in [-0.15, -0.1) is 0 Å². The molecule has 10 rings (SSSR count). The summed E-state index contributed by atoms with van der Waals surface area (Å²) in [6, 6.07) is 48.2. The van der Waals surface area contributed by atoms with E-state index < -0.39 is 0 Å². The van der Waals surface area contributed by atoms with Crippen molar-refractivity contribution in [3.63, 3.8) is 0 Å². The average Bonchev–Trinajstić information content (AvgIpc) is 3.13. The topological polar surface area (TPSA) is 3.24 Å². The molecule has 0 spiro atoms. The maximum absolute atomic E-state index is 2.49. The highest BCUT2D eigenvalue weighted by Crippen LogP contribution is 2.60. The van der Waals surface area contributed by atoms with Crippen LogP contribution in [0.25, 0.3) is 22.3 Å². The molecule has 5 aliphatic rings. The van der Waals surface area contributed by atoms with E-state index in [1.165, 1.54) is 116 Å². The van der Waals surface area contributed by atoms with E-state index in [-0.39, 0.29) is 0 Å². The van der Waals surface area contributed by atoms with E-state index in [4.69, 9.17) is 0 Å². The summed E-state index contributed by atoms with van der Waals surface area (Å²) in [4.78, 5) is 2.47. The smallest absolute Gasteiger partial charge is 0.0462 e. The minimum Gasteiger partial charge on any atom is -0.311 e. The van der Waals surface area contributed by atoms with Crippen molar-refractivity contribution in [3.8, 4) is 22.3 Å². The molecule has 5 fully saturated rings. The second kappa shape index (κ2) is 12.2. The molecular formula is C46H47N. The van der Waals surface area contributed by atoms with E-state index in [9.17, 15) is 0 Å². The Hall–Kier alpha value is -4.10. The van der Waals surface area contributed by atoms with Crippen LogP contribution in [0.5, 0.6) is 0 Å². The summed E-state index contributed by atoms with van der Waals surface area (Å²) in [5, 5.41) is 0. The summed E-state index contributed by atoms with van der Waals surface area (Å²) in [6.45, 7) is 0. The molecule has 0 saturated heterocycles. The molecule has 0 radical (unpaired) electrons. The first-order valence-electron chi connectivity index (χ1n) is 18.5. The van der Waals surface area contributed by atoms with Gasteiger partial charge in [0.1, 0.15) is 0 Å². The zero-order chi connectivity index (χ0) is 31.2. The van der Waals surface area contributed by atoms with Crippen molar-refractivity contribution < 1.29 is 0 Å². The highest BCUT2D eigenvalue weighted by atomic mass is 15.1. The first-order chi connectivity index (χ1) is 23.2. The predicted octanol–water partition coefficient (Wildman–Crippen LogP) is 13.0. The summed E-state index contributed by atoms with van der Waals surface area (Å²) < 4.78 is 0. The lowest BCUT2D eigenvalue weighted by Gasteiger charge is -2.57. The number of hydrogen-bond acceptors (Lipinski definition) is 1. The van der Waals surface area contributed by atoms with E-state index in [0.29, 0.717) is 5.41 Å². The maximum Gasteiger partial charge on any atom is 0.0462 e. The number of hydrogen-bond donors (Lipinski definition) is 0. The third-order valence-corrected chi connectivity index (χ3v) is 12.5. The van der Waals surface area contributed by atoms with Gasteiger partial charge in [-0.1, -0.05) is 110 Å². The molecule has 0 amide bonds. The Bertz CT molecular complexity index is 1760. The van der Waals surface area contributed by atoms with Crippen LogP contribution in [-0.4, -0.2) is 0 Å². The van der Waals surface area contributed by atoms with E-state index in [2.05, 4.69) is 132 Å². The Balaban J connectivity index is 1.03. The normalized spacial score (nSPS) is 25.1. The van der Waals surface area contributed by atoms with Crippen LogP contribution < -0.4 is 4.90 Å². The number of nitrogens with zero attached hydrogens (tertiary/aromatic N) is 1. The molecule has 0 atom stereocenters. The van der Waals surface area contributed by atoms with E-state index in [1.807, 2.05) is 0 Å². The van der Waals surface area contributed by atoms with Crippen LogP contribution in [0.15, 0.2) is 127 Å². The Morgan fingerprint density at radius 1 is 0.426 bits per heavy atom. The van der Waals surface area contributed by atoms with Crippen LogP contribution in [0.3, 0.4) is 0 Å². The highest BCUT2D eigenvalue weighted by Gasteiger charge is 2.51. The van der Waals surface area contributed by atoms with Crippen molar-refractivity contribution in [1.29, 1.82) is 0 Å². The highest BCUT2D eigenvalue weighted by molar-refractivity contribution is 5.79. The van der Waals surface area contributed by atoms with Crippen molar-refractivity contribution >= 4 is 17.1 Å². The van der Waals surface area contributed by atoms with Crippen LogP contribution in [0.1, 0.15) is 87.7 Å². The standard InChI is InChI=1S/C46H47N/c1-3-7-36(8-4-1)38-11-13-39(14-12-38)41-17-23-44(24-18-41)47(43-21-15-40(16-22-43)37-9-5-2-6-10-37)45-25-19-42(20-26-45)46-30-33-27-34(31-46)29-35(28-33)32-46/h1,3-4,7-8,11-26,33-35,37H,2,5-6,9-10,27-32H2. The van der Waals surface area contributed by atoms with Gasteiger partial charge in [0.25, 0.3) is 0 Å². The van der Waals surface area contributed by atoms with Crippen LogP contribution in [0, 0.1) is 17.8 Å². The van der Waals surface area contributed by atoms with Crippen LogP contribution in [0.2, 0.25) is 0 Å². The fourth-order valence-corrected chi connectivity index (χ4v) is 10.5. The molecule has 5 saturated carbocycles. The van der Waals surface area contributed by atoms with Gasteiger partial charge in [-0.25, -0.2) is 0 Å². The largest absolute Gasteiger partial charge is 0.311 e. The molecule has 0 heterocycles. The molecule has 4 bridgehead atoms. The zero-order valence-corrected chi connectivity index (χ0v) is 27.7. The number of rotatable bonds is 7. The molecule has 1 heteroatoms. The minimum absolute atomic E-state index is 0.428. The molecular weight excluding hydrogens is 567 g/mol. The lowest BCUT2D eigenvalue weighted by Crippen LogP contribution is -2.48. The Morgan fingerprint density at radius 2 is 0.851 bits per heavy atom. The summed E-state index contributed by atoms with van der Waals surface area (Å²) in [7, 11) is 0. The fourth-order valence-electron chi connectivity index (χ4n) is 10.5. The molecule has 0 aliphatic heterocycles. The van der Waals surface area contributed by atoms with Crippen molar-refractivity contribution in [2.24, 2.45) is 17.8 Å². The fraction of sp³-hybridized carbons (Fsp3) is 0.348. The Kier molecular flexibility index (Phi) is 7.53. The summed E-state index contributed by atoms with van der Waals surface area (Å²) in [5.74, 6) is 3.62. The monoisotopic (exact) mass is 613 g/mol. The molecule has 1 nitrogen and oxygen atoms in total. The molecule has 0 unspecified atom stereocenters. The van der Waals surface area contributed by atoms with Gasteiger partial charge in [-0.2, -0.15) is 0 Å². The maximum atomic E-state index is 2.49. The number of benzene rings is 5. The molecule has 47 heavy (non-hydrogen) atoms. The molecule has 5 aliphatic carbocycles. The molecule has 5 aromatic rings. The van der Waals surface area contributed by atoms with Crippen LogP contribution in [-0.2, 0) is 5.41 Å². The lowest BCUT2D eigenvalue weighted by molar-refractivity contribution is -0.00518. The third-order valence-electron chi connectivity index (χ3n) is 12.5. The van der Waals surface area contributed by atoms with Gasteiger partial charge >= 0.3 is 0 Å². The van der Waals surface area contributed by atoms with Crippen LogP contribution in [0.4, 0.5) is 17.1 Å². The van der Waals surface area contributed by atoms with Crippen molar-refractivity contribution in [3.05, 3.63) is 139 Å². The lowest BCUT2D eigenvalue weighted by atomic mass is 9.48. The molecule has 0 N–H and O–H groups in total. The van der Waals surface area contributed by atoms with Gasteiger partial charge in [0.2, 0.25) is 0 Å². The van der Waals surface area contributed by atoms with Gasteiger partial charge < -0.3 is 4.90 Å². The third kappa shape index (κ3) is 5.62. The van der Waals surface area contributed by atoms with Crippen molar-refractivity contribution in [2.45, 2.75) is 82.0 Å². The first-order valence-corrected chi connectivity index (χ1v) is 18.5. The zero-order valence-electron chi connectivity index (χ0n) is 27.7. The Labute approximate surface area is 281 Å². The SMILES string of the molecule is c1ccc(-c2ccc(-c3ccc(N(c4ccc(C5CCCCC5)cc4)c4ccc(C56CC7CC(CC(C7)C5)C6)cc4)cc3)cc2)cc1. The summed E-state index contributed by atoms with van der Waals surface area (Å²) >= 11 is 0. The molecule has 236 valence electrons. The molecule has 0 aromatic heterocycles. The first kappa shape index (κ1) is 29.1. The number of anilines is 3. The predicted molar refractivity (Wildman–Crippen MR) is 198 cm³/mol. The second-order valence-electron chi connectivity index (χ2n) is 15.5. The van der Waals surface area contributed by atoms with E-state index >= 15 is 0 Å². The van der Waals surface area contributed by atoms with Gasteiger partial charge in [-0.3, -0.25) is 0 Å². The van der Waals surface area contributed by atoms with Gasteiger partial charge in [0.05, 0.1) is 0 Å². The molecule has 5 aromatic carbocycles. The van der Waals surface area contributed by atoms with Crippen molar-refractivity contribution in [2.75, 3.05) is 4.90 Å². The minimum atomic E-state index is 0.428. The summed E-state index contributed by atoms with van der Waals surface area (Å²) in [6.07, 6.45) is 15.5. The Morgan fingerprint density at radius 3 is 1.36 bits per heavy atom. The van der Waals surface area contributed by atoms with Crippen LogP contribution >= 0.6 is 0 Å². The van der Waals surface area contributed by atoms with Crippen molar-refractivity contribution in [1.82, 2.24) is 0 Å². The van der Waals surface area contributed by atoms with E-state index in [0.717, 1.165) is 23.7 Å². The summed E-state index contributed by atoms with van der Waals surface area (Å²) in [5.41, 5.74) is 12.3. The average molecular weight is 614 g/mol. The van der Waals surface area contributed by atoms with Gasteiger partial charge in [-0.05, 0) is 150 Å². The van der Waals surface area contributed by atoms with Gasteiger partial charge in [0, 0.05) is 17.1 Å². The second-order valence-corrected chi connectivity index (χ2v) is 15.5. The van der Waals surface area contributed by atoms with Gasteiger partial charge in [0.15, 0.2) is 0 Å².